The van der Waals surface area contributed by atoms with Crippen LogP contribution < -0.4 is 0 Å². The number of nitrogens with zero attached hydrogens (tertiary/aromatic N) is 1. The molecule has 0 aromatic heterocycles. The fourth-order valence-electron chi connectivity index (χ4n) is 1.79. The molecule has 0 atom stereocenters. The third-order valence-corrected chi connectivity index (χ3v) is 3.22. The Bertz CT molecular complexity index is 408. The Morgan fingerprint density at radius 3 is 2.19 bits per heavy atom. The van der Waals surface area contributed by atoms with Crippen molar-refractivity contribution in [2.75, 3.05) is 13.1 Å². The Labute approximate surface area is 103 Å². The summed E-state index contributed by atoms with van der Waals surface area (Å²) < 4.78 is 0.901. The highest BCUT2D eigenvalue weighted by Gasteiger charge is 2.25. The maximum atomic E-state index is 11.8. The molecule has 0 saturated carbocycles. The third kappa shape index (κ3) is 2.32. The number of carbonyl (C=O) groups is 2. The number of rotatable bonds is 2. The highest BCUT2D eigenvalue weighted by Crippen LogP contribution is 2.14. The lowest BCUT2D eigenvalue weighted by molar-refractivity contribution is -0.125. The van der Waals surface area contributed by atoms with Crippen molar-refractivity contribution in [1.29, 1.82) is 0 Å². The van der Waals surface area contributed by atoms with Gasteiger partial charge in [-0.25, -0.2) is 0 Å². The summed E-state index contributed by atoms with van der Waals surface area (Å²) in [6.45, 7) is 1.42. The molecule has 3 nitrogen and oxygen atoms in total. The maximum Gasteiger partial charge on any atom is 0.294 e. The van der Waals surface area contributed by atoms with E-state index in [0.29, 0.717) is 18.7 Å². The second kappa shape index (κ2) is 4.78. The van der Waals surface area contributed by atoms with E-state index < -0.39 is 5.78 Å². The highest BCUT2D eigenvalue weighted by molar-refractivity contribution is 9.10. The molecule has 4 heteroatoms. The number of amides is 1. The van der Waals surface area contributed by atoms with Crippen LogP contribution in [0.5, 0.6) is 0 Å². The van der Waals surface area contributed by atoms with E-state index in [9.17, 15) is 9.59 Å². The molecular weight excluding hydrogens is 270 g/mol. The first kappa shape index (κ1) is 11.3. The summed E-state index contributed by atoms with van der Waals surface area (Å²) in [5, 5.41) is 0. The molecule has 1 aliphatic heterocycles. The van der Waals surface area contributed by atoms with Crippen molar-refractivity contribution in [2.24, 2.45) is 0 Å². The van der Waals surface area contributed by atoms with E-state index in [2.05, 4.69) is 15.9 Å². The van der Waals surface area contributed by atoms with Crippen molar-refractivity contribution in [3.8, 4) is 0 Å². The van der Waals surface area contributed by atoms with Crippen molar-refractivity contribution in [2.45, 2.75) is 12.8 Å². The van der Waals surface area contributed by atoms with Crippen LogP contribution in [-0.2, 0) is 4.79 Å². The first-order valence-electron chi connectivity index (χ1n) is 5.27. The van der Waals surface area contributed by atoms with Crippen molar-refractivity contribution < 1.29 is 9.59 Å². The monoisotopic (exact) mass is 281 g/mol. The number of benzene rings is 1. The molecular formula is C12H12BrNO2. The minimum atomic E-state index is -0.408. The van der Waals surface area contributed by atoms with Crippen molar-refractivity contribution in [3.05, 3.63) is 34.3 Å². The van der Waals surface area contributed by atoms with Gasteiger partial charge in [0, 0.05) is 23.1 Å². The average Bonchev–Trinajstić information content (AvgIpc) is 2.81. The smallest absolute Gasteiger partial charge is 0.294 e. The standard InChI is InChI=1S/C12H12BrNO2/c13-10-5-3-9(4-6-10)11(15)12(16)14-7-1-2-8-14/h3-6H,1-2,7-8H2. The second-order valence-electron chi connectivity index (χ2n) is 3.84. The topological polar surface area (TPSA) is 37.4 Å². The molecule has 0 bridgehead atoms. The van der Waals surface area contributed by atoms with Crippen LogP contribution in [0.1, 0.15) is 23.2 Å². The highest BCUT2D eigenvalue weighted by atomic mass is 79.9. The Kier molecular flexibility index (Phi) is 3.39. The van der Waals surface area contributed by atoms with Crippen LogP contribution in [0.3, 0.4) is 0 Å². The molecule has 0 spiro atoms. The predicted octanol–water partition coefficient (Wildman–Crippen LogP) is 2.25. The van der Waals surface area contributed by atoms with Crippen LogP contribution in [0.2, 0.25) is 0 Å². The summed E-state index contributed by atoms with van der Waals surface area (Å²) in [5.74, 6) is -0.783. The van der Waals surface area contributed by atoms with Gasteiger partial charge < -0.3 is 4.90 Å². The largest absolute Gasteiger partial charge is 0.336 e. The van der Waals surface area contributed by atoms with Gasteiger partial charge in [0.1, 0.15) is 0 Å². The van der Waals surface area contributed by atoms with Gasteiger partial charge in [0.25, 0.3) is 5.91 Å². The van der Waals surface area contributed by atoms with Gasteiger partial charge >= 0.3 is 0 Å². The molecule has 1 heterocycles. The lowest BCUT2D eigenvalue weighted by Crippen LogP contribution is -2.34. The van der Waals surface area contributed by atoms with Gasteiger partial charge in [-0.1, -0.05) is 15.9 Å². The zero-order chi connectivity index (χ0) is 11.5. The van der Waals surface area contributed by atoms with Gasteiger partial charge in [-0.15, -0.1) is 0 Å². The van der Waals surface area contributed by atoms with Crippen LogP contribution >= 0.6 is 15.9 Å². The third-order valence-electron chi connectivity index (χ3n) is 2.69. The van der Waals surface area contributed by atoms with Gasteiger partial charge in [0.15, 0.2) is 0 Å². The normalized spacial score (nSPS) is 15.2. The Hall–Kier alpha value is -1.16. The van der Waals surface area contributed by atoms with Crippen molar-refractivity contribution >= 4 is 27.6 Å². The van der Waals surface area contributed by atoms with Gasteiger partial charge in [0.05, 0.1) is 0 Å². The molecule has 0 aliphatic carbocycles. The van der Waals surface area contributed by atoms with E-state index in [1.54, 1.807) is 29.2 Å². The molecule has 0 N–H and O–H groups in total. The van der Waals surface area contributed by atoms with E-state index in [1.165, 1.54) is 0 Å². The molecule has 1 fully saturated rings. The fraction of sp³-hybridized carbons (Fsp3) is 0.333. The van der Waals surface area contributed by atoms with Crippen LogP contribution in [0, 0.1) is 0 Å². The molecule has 0 radical (unpaired) electrons. The minimum absolute atomic E-state index is 0.375. The Morgan fingerprint density at radius 1 is 1.06 bits per heavy atom. The number of ketones is 1. The summed E-state index contributed by atoms with van der Waals surface area (Å²) in [5.41, 5.74) is 0.458. The Morgan fingerprint density at radius 2 is 1.62 bits per heavy atom. The molecule has 0 unspecified atom stereocenters. The molecule has 1 aromatic carbocycles. The molecule has 84 valence electrons. The van der Waals surface area contributed by atoms with Gasteiger partial charge in [0.2, 0.25) is 5.78 Å². The van der Waals surface area contributed by atoms with Crippen LogP contribution in [0.25, 0.3) is 0 Å². The number of hydrogen-bond donors (Lipinski definition) is 0. The zero-order valence-electron chi connectivity index (χ0n) is 8.78. The van der Waals surface area contributed by atoms with E-state index in [4.69, 9.17) is 0 Å². The second-order valence-corrected chi connectivity index (χ2v) is 4.75. The SMILES string of the molecule is O=C(C(=O)N1CCCC1)c1ccc(Br)cc1. The quantitative estimate of drug-likeness (QED) is 0.616. The van der Waals surface area contributed by atoms with Crippen molar-refractivity contribution in [1.82, 2.24) is 4.90 Å². The zero-order valence-corrected chi connectivity index (χ0v) is 10.4. The minimum Gasteiger partial charge on any atom is -0.336 e. The molecule has 1 aromatic rings. The van der Waals surface area contributed by atoms with Crippen LogP contribution in [-0.4, -0.2) is 29.7 Å². The fourth-order valence-corrected chi connectivity index (χ4v) is 2.05. The summed E-state index contributed by atoms with van der Waals surface area (Å²) in [6, 6.07) is 6.87. The van der Waals surface area contributed by atoms with Gasteiger partial charge in [-0.05, 0) is 37.1 Å². The van der Waals surface area contributed by atoms with Gasteiger partial charge in [-0.3, -0.25) is 9.59 Å². The van der Waals surface area contributed by atoms with E-state index in [1.807, 2.05) is 0 Å². The number of carbonyl (C=O) groups excluding carboxylic acids is 2. The number of hydrogen-bond acceptors (Lipinski definition) is 2. The summed E-state index contributed by atoms with van der Waals surface area (Å²) in [4.78, 5) is 25.3. The molecule has 1 saturated heterocycles. The van der Waals surface area contributed by atoms with E-state index >= 15 is 0 Å². The van der Waals surface area contributed by atoms with E-state index in [-0.39, 0.29) is 5.91 Å². The van der Waals surface area contributed by atoms with Crippen LogP contribution in [0.15, 0.2) is 28.7 Å². The van der Waals surface area contributed by atoms with Crippen LogP contribution in [0.4, 0.5) is 0 Å². The van der Waals surface area contributed by atoms with Crippen molar-refractivity contribution in [3.63, 3.8) is 0 Å². The number of halogens is 1. The average molecular weight is 282 g/mol. The lowest BCUT2D eigenvalue weighted by atomic mass is 10.1. The summed E-state index contributed by atoms with van der Waals surface area (Å²) in [6.07, 6.45) is 2.00. The molecule has 16 heavy (non-hydrogen) atoms. The summed E-state index contributed by atoms with van der Waals surface area (Å²) >= 11 is 3.29. The first-order chi connectivity index (χ1) is 7.68. The predicted molar refractivity (Wildman–Crippen MR) is 64.3 cm³/mol. The maximum absolute atomic E-state index is 11.8. The summed E-state index contributed by atoms with van der Waals surface area (Å²) in [7, 11) is 0. The van der Waals surface area contributed by atoms with E-state index in [0.717, 1.165) is 17.3 Å². The Balaban J connectivity index is 2.12. The lowest BCUT2D eigenvalue weighted by Gasteiger charge is -2.13. The van der Waals surface area contributed by atoms with Gasteiger partial charge in [-0.2, -0.15) is 0 Å². The molecule has 1 amide bonds. The number of Topliss-reactive ketones (excluding diaryl/α,β-unsaturated/α-hetero) is 1. The first-order valence-corrected chi connectivity index (χ1v) is 6.07. The molecule has 2 rings (SSSR count). The number of likely N-dealkylation sites (tertiary alicyclic amines) is 1. The molecule has 1 aliphatic rings.